The van der Waals surface area contributed by atoms with Crippen LogP contribution in [0.25, 0.3) is 10.9 Å². The zero-order valence-corrected chi connectivity index (χ0v) is 24.2. The summed E-state index contributed by atoms with van der Waals surface area (Å²) in [6.45, 7) is 4.97. The number of benzene rings is 2. The van der Waals surface area contributed by atoms with Crippen molar-refractivity contribution in [1.82, 2.24) is 9.88 Å². The third-order valence-electron chi connectivity index (χ3n) is 7.60. The number of amides is 1. The van der Waals surface area contributed by atoms with Crippen LogP contribution in [0.1, 0.15) is 73.7 Å². The van der Waals surface area contributed by atoms with Gasteiger partial charge in [0.25, 0.3) is 5.91 Å². The number of ether oxygens (including phenoxy) is 1. The van der Waals surface area contributed by atoms with Crippen molar-refractivity contribution in [3.8, 4) is 0 Å². The maximum Gasteiger partial charge on any atom is 0.341 e. The molecule has 1 amide bonds. The number of nitrogens with zero attached hydrogens (tertiary/aromatic N) is 1. The molecular weight excluding hydrogens is 526 g/mol. The van der Waals surface area contributed by atoms with Crippen LogP contribution in [0.4, 0.5) is 5.00 Å². The zero-order valence-electron chi connectivity index (χ0n) is 22.6. The molecule has 0 spiro atoms. The summed E-state index contributed by atoms with van der Waals surface area (Å²) in [6, 6.07) is 16.1. The van der Waals surface area contributed by atoms with E-state index in [-0.39, 0.29) is 17.0 Å². The Kier molecular flexibility index (Phi) is 8.14. The molecule has 6 nitrogen and oxygen atoms in total. The summed E-state index contributed by atoms with van der Waals surface area (Å²) >= 11 is 7.05. The van der Waals surface area contributed by atoms with E-state index >= 15 is 0 Å². The first kappa shape index (κ1) is 27.1. The molecule has 2 N–H and O–H groups in total. The number of hydrogen-bond acceptors (Lipinski definition) is 5. The van der Waals surface area contributed by atoms with Gasteiger partial charge in [0.05, 0.1) is 12.7 Å². The van der Waals surface area contributed by atoms with Gasteiger partial charge in [0.15, 0.2) is 5.11 Å². The van der Waals surface area contributed by atoms with Crippen LogP contribution in [0.5, 0.6) is 0 Å². The van der Waals surface area contributed by atoms with E-state index in [1.165, 1.54) is 41.0 Å². The molecule has 0 fully saturated rings. The van der Waals surface area contributed by atoms with Gasteiger partial charge in [0.2, 0.25) is 0 Å². The molecule has 0 saturated carbocycles. The minimum atomic E-state index is -0.374. The molecule has 0 radical (unpaired) electrons. The number of anilines is 1. The summed E-state index contributed by atoms with van der Waals surface area (Å²) in [5.74, 6) is -0.669. The highest BCUT2D eigenvalue weighted by atomic mass is 32.1. The van der Waals surface area contributed by atoms with Crippen LogP contribution in [0, 0.1) is 13.8 Å². The Morgan fingerprint density at radius 1 is 1.03 bits per heavy atom. The fourth-order valence-corrected chi connectivity index (χ4v) is 6.94. The SMILES string of the molecule is COC(=O)c1c(NC(=S)NC(=O)c2ccc3c(c2)c(C)c(C)n3Cc2ccccc2)sc2c1CCCCCC2. The molecule has 0 unspecified atom stereocenters. The number of nitrogens with one attached hydrogen (secondary N) is 2. The van der Waals surface area contributed by atoms with Gasteiger partial charge in [-0.25, -0.2) is 4.79 Å². The molecule has 202 valence electrons. The summed E-state index contributed by atoms with van der Waals surface area (Å²) in [5.41, 5.74) is 6.76. The number of methoxy groups -OCH3 is 1. The van der Waals surface area contributed by atoms with Crippen molar-refractivity contribution in [2.75, 3.05) is 12.4 Å². The van der Waals surface area contributed by atoms with Gasteiger partial charge >= 0.3 is 5.97 Å². The molecule has 8 heteroatoms. The van der Waals surface area contributed by atoms with Gasteiger partial charge < -0.3 is 14.6 Å². The second-order valence-electron chi connectivity index (χ2n) is 10.0. The molecule has 0 atom stereocenters. The van der Waals surface area contributed by atoms with E-state index in [4.69, 9.17) is 17.0 Å². The molecule has 1 aliphatic rings. The predicted molar refractivity (Wildman–Crippen MR) is 162 cm³/mol. The van der Waals surface area contributed by atoms with E-state index in [9.17, 15) is 9.59 Å². The number of aryl methyl sites for hydroxylation is 2. The zero-order chi connectivity index (χ0) is 27.5. The van der Waals surface area contributed by atoms with E-state index in [1.807, 2.05) is 36.4 Å². The molecule has 0 saturated heterocycles. The summed E-state index contributed by atoms with van der Waals surface area (Å²) in [6.07, 6.45) is 6.28. The van der Waals surface area contributed by atoms with E-state index in [2.05, 4.69) is 41.2 Å². The lowest BCUT2D eigenvalue weighted by molar-refractivity contribution is 0.0601. The number of carbonyl (C=O) groups is 2. The average Bonchev–Trinajstić information content (AvgIpc) is 3.37. The van der Waals surface area contributed by atoms with Crippen LogP contribution in [0.3, 0.4) is 0 Å². The van der Waals surface area contributed by atoms with Gasteiger partial charge in [0, 0.05) is 33.6 Å². The van der Waals surface area contributed by atoms with Crippen molar-refractivity contribution >= 4 is 56.4 Å². The highest BCUT2D eigenvalue weighted by Crippen LogP contribution is 2.37. The molecule has 39 heavy (non-hydrogen) atoms. The topological polar surface area (TPSA) is 72.4 Å². The van der Waals surface area contributed by atoms with Gasteiger partial charge in [0.1, 0.15) is 5.00 Å². The second-order valence-corrected chi connectivity index (χ2v) is 11.5. The van der Waals surface area contributed by atoms with Crippen molar-refractivity contribution in [3.63, 3.8) is 0 Å². The molecule has 1 aliphatic carbocycles. The number of hydrogen-bond donors (Lipinski definition) is 2. The number of esters is 1. The lowest BCUT2D eigenvalue weighted by atomic mass is 9.96. The number of rotatable bonds is 5. The molecule has 2 aromatic heterocycles. The maximum atomic E-state index is 13.2. The van der Waals surface area contributed by atoms with Crippen molar-refractivity contribution in [2.24, 2.45) is 0 Å². The third kappa shape index (κ3) is 5.63. The lowest BCUT2D eigenvalue weighted by Gasteiger charge is -2.12. The first-order chi connectivity index (χ1) is 18.9. The lowest BCUT2D eigenvalue weighted by Crippen LogP contribution is -2.34. The van der Waals surface area contributed by atoms with Gasteiger partial charge in [-0.1, -0.05) is 43.2 Å². The van der Waals surface area contributed by atoms with E-state index in [0.29, 0.717) is 16.1 Å². The molecule has 2 aromatic carbocycles. The number of carbonyl (C=O) groups excluding carboxylic acids is 2. The molecular formula is C31H33N3O3S2. The van der Waals surface area contributed by atoms with Gasteiger partial charge in [-0.3, -0.25) is 10.1 Å². The van der Waals surface area contributed by atoms with Crippen molar-refractivity contribution in [1.29, 1.82) is 0 Å². The second kappa shape index (κ2) is 11.7. The van der Waals surface area contributed by atoms with E-state index in [1.54, 1.807) is 0 Å². The molecule has 4 aromatic rings. The quantitative estimate of drug-likeness (QED) is 0.205. The maximum absolute atomic E-state index is 13.2. The normalized spacial score (nSPS) is 13.3. The highest BCUT2D eigenvalue weighted by molar-refractivity contribution is 7.80. The third-order valence-corrected chi connectivity index (χ3v) is 9.01. The Bertz CT molecular complexity index is 1550. The summed E-state index contributed by atoms with van der Waals surface area (Å²) in [7, 11) is 1.40. The fourth-order valence-electron chi connectivity index (χ4n) is 5.40. The number of aromatic nitrogens is 1. The summed E-state index contributed by atoms with van der Waals surface area (Å²) < 4.78 is 7.38. The molecule has 0 aliphatic heterocycles. The fraction of sp³-hybridized carbons (Fsp3) is 0.323. The van der Waals surface area contributed by atoms with Crippen LogP contribution in [0.2, 0.25) is 0 Å². The Labute approximate surface area is 238 Å². The Morgan fingerprint density at radius 3 is 2.51 bits per heavy atom. The Morgan fingerprint density at radius 2 is 1.77 bits per heavy atom. The predicted octanol–water partition coefficient (Wildman–Crippen LogP) is 6.94. The van der Waals surface area contributed by atoms with Gasteiger partial charge in [-0.05, 0) is 86.6 Å². The first-order valence-electron chi connectivity index (χ1n) is 13.4. The van der Waals surface area contributed by atoms with Crippen LogP contribution in [-0.4, -0.2) is 28.7 Å². The van der Waals surface area contributed by atoms with Crippen LogP contribution >= 0.6 is 23.6 Å². The first-order valence-corrected chi connectivity index (χ1v) is 14.6. The van der Waals surface area contributed by atoms with E-state index in [0.717, 1.165) is 60.7 Å². The molecule has 5 rings (SSSR count). The Balaban J connectivity index is 1.36. The largest absolute Gasteiger partial charge is 0.465 e. The number of thiocarbonyl (C=S) groups is 1. The Hall–Kier alpha value is -3.49. The highest BCUT2D eigenvalue weighted by Gasteiger charge is 2.26. The van der Waals surface area contributed by atoms with Gasteiger partial charge in [-0.2, -0.15) is 0 Å². The average molecular weight is 560 g/mol. The molecule has 2 heterocycles. The molecule has 0 bridgehead atoms. The van der Waals surface area contributed by atoms with Crippen LogP contribution in [-0.2, 0) is 24.1 Å². The summed E-state index contributed by atoms with van der Waals surface area (Å²) in [4.78, 5) is 27.1. The number of fused-ring (bicyclic) bond motifs is 2. The number of thiophene rings is 1. The van der Waals surface area contributed by atoms with Crippen LogP contribution < -0.4 is 10.6 Å². The monoisotopic (exact) mass is 559 g/mol. The minimum absolute atomic E-state index is 0.161. The van der Waals surface area contributed by atoms with Crippen molar-refractivity contribution in [2.45, 2.75) is 58.9 Å². The smallest absolute Gasteiger partial charge is 0.341 e. The standard InChI is InChI=1S/C31H33N3O3S2/c1-19-20(2)34(18-21-11-7-6-8-12-21)25-16-15-22(17-24(19)25)28(35)32-31(38)33-29-27(30(36)37-3)23-13-9-4-5-10-14-26(23)39-29/h6-8,11-12,15-17H,4-5,9-10,13-14,18H2,1-3H3,(H2,32,33,35,38). The van der Waals surface area contributed by atoms with Crippen molar-refractivity contribution < 1.29 is 14.3 Å². The van der Waals surface area contributed by atoms with Crippen molar-refractivity contribution in [3.05, 3.63) is 86.9 Å². The summed E-state index contributed by atoms with van der Waals surface area (Å²) in [5, 5.41) is 7.78. The minimum Gasteiger partial charge on any atom is -0.465 e. The van der Waals surface area contributed by atoms with Gasteiger partial charge in [-0.15, -0.1) is 11.3 Å². The van der Waals surface area contributed by atoms with Crippen LogP contribution in [0.15, 0.2) is 48.5 Å². The van der Waals surface area contributed by atoms with E-state index < -0.39 is 0 Å².